The highest BCUT2D eigenvalue weighted by Crippen LogP contribution is 2.19. The van der Waals surface area contributed by atoms with Gasteiger partial charge in [-0.05, 0) is 46.1 Å². The number of hydrogen-bond donors (Lipinski definition) is 1. The van der Waals surface area contributed by atoms with E-state index in [9.17, 15) is 4.79 Å². The number of nitrogens with zero attached hydrogens (tertiary/aromatic N) is 3. The van der Waals surface area contributed by atoms with E-state index in [4.69, 9.17) is 0 Å². The average Bonchev–Trinajstić information content (AvgIpc) is 3.03. The van der Waals surface area contributed by atoms with Gasteiger partial charge in [0.15, 0.2) is 0 Å². The third-order valence-corrected chi connectivity index (χ3v) is 4.51. The second-order valence-electron chi connectivity index (χ2n) is 6.22. The van der Waals surface area contributed by atoms with Gasteiger partial charge in [0.05, 0.1) is 6.20 Å². The standard InChI is InChI=1S/C19H21BrN4O/c1-14(11-24-13-18(20)6-7-19(24)25)21-9-15-4-3-5-16(8-15)17-10-22-23(2)12-17/h3-8,10,12-14,21H,9,11H2,1-2H3. The van der Waals surface area contributed by atoms with Crippen LogP contribution in [0.15, 0.2) is 64.3 Å². The Bertz CT molecular complexity index is 916. The molecule has 0 aliphatic heterocycles. The Morgan fingerprint density at radius 3 is 2.80 bits per heavy atom. The molecule has 1 N–H and O–H groups in total. The van der Waals surface area contributed by atoms with Crippen molar-refractivity contribution in [3.8, 4) is 11.1 Å². The summed E-state index contributed by atoms with van der Waals surface area (Å²) in [5.74, 6) is 0. The smallest absolute Gasteiger partial charge is 0.250 e. The van der Waals surface area contributed by atoms with E-state index in [1.54, 1.807) is 21.4 Å². The van der Waals surface area contributed by atoms with Crippen molar-refractivity contribution in [3.63, 3.8) is 0 Å². The maximum Gasteiger partial charge on any atom is 0.250 e. The fourth-order valence-corrected chi connectivity index (χ4v) is 3.11. The van der Waals surface area contributed by atoms with Gasteiger partial charge in [-0.2, -0.15) is 5.10 Å². The highest BCUT2D eigenvalue weighted by atomic mass is 79.9. The molecule has 3 rings (SSSR count). The molecule has 25 heavy (non-hydrogen) atoms. The molecule has 0 saturated heterocycles. The molecule has 0 radical (unpaired) electrons. The molecule has 1 aromatic carbocycles. The monoisotopic (exact) mass is 400 g/mol. The van der Waals surface area contributed by atoms with Crippen LogP contribution in [-0.4, -0.2) is 20.4 Å². The van der Waals surface area contributed by atoms with E-state index in [0.717, 1.165) is 22.1 Å². The minimum Gasteiger partial charge on any atom is -0.313 e. The van der Waals surface area contributed by atoms with Crippen molar-refractivity contribution in [1.82, 2.24) is 19.7 Å². The summed E-state index contributed by atoms with van der Waals surface area (Å²) < 4.78 is 4.43. The first-order valence-corrected chi connectivity index (χ1v) is 8.98. The molecule has 1 unspecified atom stereocenters. The SMILES string of the molecule is CC(Cn1cc(Br)ccc1=O)NCc1cccc(-c2cnn(C)c2)c1. The van der Waals surface area contributed by atoms with Crippen molar-refractivity contribution < 1.29 is 0 Å². The van der Waals surface area contributed by atoms with E-state index in [1.165, 1.54) is 5.56 Å². The molecule has 2 heterocycles. The Kier molecular flexibility index (Phi) is 5.50. The van der Waals surface area contributed by atoms with Gasteiger partial charge in [-0.3, -0.25) is 9.48 Å². The molecule has 2 aromatic heterocycles. The summed E-state index contributed by atoms with van der Waals surface area (Å²) in [6.07, 6.45) is 5.70. The van der Waals surface area contributed by atoms with Crippen LogP contribution in [-0.2, 0) is 20.1 Å². The number of halogens is 1. The van der Waals surface area contributed by atoms with Crippen molar-refractivity contribution in [2.24, 2.45) is 7.05 Å². The van der Waals surface area contributed by atoms with Gasteiger partial charge in [-0.1, -0.05) is 18.2 Å². The zero-order chi connectivity index (χ0) is 17.8. The van der Waals surface area contributed by atoms with Crippen LogP contribution in [0.1, 0.15) is 12.5 Å². The first kappa shape index (κ1) is 17.6. The second-order valence-corrected chi connectivity index (χ2v) is 7.14. The van der Waals surface area contributed by atoms with Gasteiger partial charge in [-0.25, -0.2) is 0 Å². The first-order valence-electron chi connectivity index (χ1n) is 8.18. The maximum atomic E-state index is 11.9. The Balaban J connectivity index is 1.63. The van der Waals surface area contributed by atoms with Crippen LogP contribution in [0.5, 0.6) is 0 Å². The number of aryl methyl sites for hydroxylation is 1. The van der Waals surface area contributed by atoms with Crippen LogP contribution < -0.4 is 10.9 Å². The summed E-state index contributed by atoms with van der Waals surface area (Å²) in [4.78, 5) is 11.9. The van der Waals surface area contributed by atoms with E-state index in [-0.39, 0.29) is 11.6 Å². The highest BCUT2D eigenvalue weighted by Gasteiger charge is 2.06. The third-order valence-electron chi connectivity index (χ3n) is 4.04. The Morgan fingerprint density at radius 2 is 2.04 bits per heavy atom. The minimum absolute atomic E-state index is 0.00965. The molecule has 0 bridgehead atoms. The largest absolute Gasteiger partial charge is 0.313 e. The molecular formula is C19H21BrN4O. The van der Waals surface area contributed by atoms with Crippen molar-refractivity contribution >= 4 is 15.9 Å². The normalized spacial score (nSPS) is 12.3. The number of hydrogen-bond acceptors (Lipinski definition) is 3. The van der Waals surface area contributed by atoms with Crippen molar-refractivity contribution in [3.05, 3.63) is 75.4 Å². The second kappa shape index (κ2) is 7.80. The minimum atomic E-state index is 0.00965. The molecule has 0 spiro atoms. The number of pyridine rings is 1. The number of benzene rings is 1. The zero-order valence-corrected chi connectivity index (χ0v) is 15.9. The number of nitrogens with one attached hydrogen (secondary N) is 1. The lowest BCUT2D eigenvalue weighted by molar-refractivity contribution is 0.468. The third kappa shape index (κ3) is 4.67. The van der Waals surface area contributed by atoms with E-state index in [0.29, 0.717) is 6.54 Å². The van der Waals surface area contributed by atoms with Gasteiger partial charge in [0.25, 0.3) is 5.56 Å². The van der Waals surface area contributed by atoms with E-state index >= 15 is 0 Å². The molecule has 0 aliphatic carbocycles. The van der Waals surface area contributed by atoms with Crippen LogP contribution in [0, 0.1) is 0 Å². The molecule has 6 heteroatoms. The lowest BCUT2D eigenvalue weighted by Gasteiger charge is -2.16. The topological polar surface area (TPSA) is 51.9 Å². The van der Waals surface area contributed by atoms with Gasteiger partial charge in [0.2, 0.25) is 0 Å². The summed E-state index contributed by atoms with van der Waals surface area (Å²) in [6, 6.07) is 11.9. The molecule has 5 nitrogen and oxygen atoms in total. The van der Waals surface area contributed by atoms with E-state index in [1.807, 2.05) is 25.6 Å². The predicted octanol–water partition coefficient (Wildman–Crippen LogP) is 3.19. The van der Waals surface area contributed by atoms with Crippen molar-refractivity contribution in [2.75, 3.05) is 0 Å². The van der Waals surface area contributed by atoms with Crippen molar-refractivity contribution in [2.45, 2.75) is 26.1 Å². The lowest BCUT2D eigenvalue weighted by Crippen LogP contribution is -2.33. The summed E-state index contributed by atoms with van der Waals surface area (Å²) in [7, 11) is 1.92. The van der Waals surface area contributed by atoms with Crippen LogP contribution in [0.25, 0.3) is 11.1 Å². The van der Waals surface area contributed by atoms with Gasteiger partial charge in [0.1, 0.15) is 0 Å². The molecule has 0 amide bonds. The quantitative estimate of drug-likeness (QED) is 0.690. The summed E-state index contributed by atoms with van der Waals surface area (Å²) in [5.41, 5.74) is 3.48. The molecular weight excluding hydrogens is 380 g/mol. The number of rotatable bonds is 6. The van der Waals surface area contributed by atoms with Crippen LogP contribution in [0.4, 0.5) is 0 Å². The molecule has 130 valence electrons. The lowest BCUT2D eigenvalue weighted by atomic mass is 10.1. The van der Waals surface area contributed by atoms with Crippen LogP contribution in [0.2, 0.25) is 0 Å². The summed E-state index contributed by atoms with van der Waals surface area (Å²) in [5, 5.41) is 7.71. The van der Waals surface area contributed by atoms with Gasteiger partial charge in [-0.15, -0.1) is 0 Å². The van der Waals surface area contributed by atoms with Gasteiger partial charge in [0, 0.05) is 54.7 Å². The van der Waals surface area contributed by atoms with E-state index in [2.05, 4.69) is 57.5 Å². The molecule has 0 saturated carbocycles. The number of aromatic nitrogens is 3. The average molecular weight is 401 g/mol. The Hall–Kier alpha value is -2.18. The fourth-order valence-electron chi connectivity index (χ4n) is 2.73. The van der Waals surface area contributed by atoms with Gasteiger partial charge < -0.3 is 9.88 Å². The van der Waals surface area contributed by atoms with Crippen LogP contribution in [0.3, 0.4) is 0 Å². The Morgan fingerprint density at radius 1 is 1.20 bits per heavy atom. The highest BCUT2D eigenvalue weighted by molar-refractivity contribution is 9.10. The van der Waals surface area contributed by atoms with Crippen LogP contribution >= 0.6 is 15.9 Å². The van der Waals surface area contributed by atoms with E-state index < -0.39 is 0 Å². The Labute approximate surface area is 155 Å². The molecule has 0 aliphatic rings. The first-order chi connectivity index (χ1) is 12.0. The molecule has 1 atom stereocenters. The predicted molar refractivity (Wildman–Crippen MR) is 103 cm³/mol. The molecule has 3 aromatic rings. The van der Waals surface area contributed by atoms with Crippen molar-refractivity contribution in [1.29, 1.82) is 0 Å². The maximum absolute atomic E-state index is 11.9. The summed E-state index contributed by atoms with van der Waals surface area (Å²) >= 11 is 3.41. The summed E-state index contributed by atoms with van der Waals surface area (Å²) in [6.45, 7) is 3.46. The van der Waals surface area contributed by atoms with Gasteiger partial charge >= 0.3 is 0 Å². The fraction of sp³-hybridized carbons (Fsp3) is 0.263. The zero-order valence-electron chi connectivity index (χ0n) is 14.3. The molecule has 0 fully saturated rings.